The lowest BCUT2D eigenvalue weighted by molar-refractivity contribution is -0.150. The van der Waals surface area contributed by atoms with E-state index in [-0.39, 0.29) is 18.3 Å². The second kappa shape index (κ2) is 5.96. The van der Waals surface area contributed by atoms with Gasteiger partial charge in [0, 0.05) is 17.5 Å². The van der Waals surface area contributed by atoms with Crippen LogP contribution in [0.15, 0.2) is 22.8 Å². The lowest BCUT2D eigenvalue weighted by Gasteiger charge is -2.22. The van der Waals surface area contributed by atoms with E-state index in [1.165, 1.54) is 24.7 Å². The van der Waals surface area contributed by atoms with Crippen LogP contribution in [0, 0.1) is 0 Å². The van der Waals surface area contributed by atoms with Crippen LogP contribution in [-0.4, -0.2) is 36.5 Å². The highest BCUT2D eigenvalue weighted by Crippen LogP contribution is 2.31. The van der Waals surface area contributed by atoms with Gasteiger partial charge in [-0.1, -0.05) is 0 Å². The van der Waals surface area contributed by atoms with Crippen molar-refractivity contribution in [2.24, 2.45) is 0 Å². The molecular formula is C19H21NO4. The summed E-state index contributed by atoms with van der Waals surface area (Å²) < 4.78 is 10.5. The number of carbonyl (C=O) groups is 2. The molecule has 0 unspecified atom stereocenters. The molecule has 0 spiro atoms. The van der Waals surface area contributed by atoms with Crippen LogP contribution in [-0.2, 0) is 33.6 Å². The Morgan fingerprint density at radius 2 is 2.04 bits per heavy atom. The van der Waals surface area contributed by atoms with Gasteiger partial charge < -0.3 is 14.1 Å². The number of aryl methyl sites for hydroxylation is 2. The highest BCUT2D eigenvalue weighted by atomic mass is 16.5. The van der Waals surface area contributed by atoms with Gasteiger partial charge in [0.15, 0.2) is 0 Å². The molecule has 1 fully saturated rings. The Morgan fingerprint density at radius 3 is 2.83 bits per heavy atom. The van der Waals surface area contributed by atoms with E-state index in [2.05, 4.69) is 12.1 Å². The lowest BCUT2D eigenvalue weighted by Crippen LogP contribution is -2.41. The van der Waals surface area contributed by atoms with Crippen molar-refractivity contribution in [1.29, 1.82) is 0 Å². The fourth-order valence-electron chi connectivity index (χ4n) is 4.00. The lowest BCUT2D eigenvalue weighted by atomic mass is 10.0. The third kappa shape index (κ3) is 2.48. The number of esters is 1. The topological polar surface area (TPSA) is 59.8 Å². The summed E-state index contributed by atoms with van der Waals surface area (Å²) in [5.74, 6) is -0.359. The number of amides is 1. The predicted octanol–water partition coefficient (Wildman–Crippen LogP) is 2.63. The van der Waals surface area contributed by atoms with Gasteiger partial charge in [-0.3, -0.25) is 4.79 Å². The molecule has 1 saturated heterocycles. The zero-order valence-electron chi connectivity index (χ0n) is 13.8. The maximum atomic E-state index is 12.7. The second-order valence-electron chi connectivity index (χ2n) is 6.68. The summed E-state index contributed by atoms with van der Waals surface area (Å²) in [5.41, 5.74) is 4.48. The maximum Gasteiger partial charge on any atom is 0.328 e. The van der Waals surface area contributed by atoms with Crippen LogP contribution in [0.4, 0.5) is 0 Å². The van der Waals surface area contributed by atoms with Gasteiger partial charge in [0.1, 0.15) is 11.6 Å². The zero-order chi connectivity index (χ0) is 16.7. The first kappa shape index (κ1) is 15.2. The fourth-order valence-corrected chi connectivity index (χ4v) is 4.00. The fraction of sp³-hybridized carbons (Fsp3) is 0.474. The van der Waals surface area contributed by atoms with Crippen molar-refractivity contribution < 1.29 is 18.7 Å². The quantitative estimate of drug-likeness (QED) is 0.813. The van der Waals surface area contributed by atoms with E-state index in [1.54, 1.807) is 11.2 Å². The number of hydrogen-bond acceptors (Lipinski definition) is 4. The van der Waals surface area contributed by atoms with Crippen LogP contribution < -0.4 is 0 Å². The van der Waals surface area contributed by atoms with Crippen LogP contribution in [0.3, 0.4) is 0 Å². The number of methoxy groups -OCH3 is 1. The highest BCUT2D eigenvalue weighted by molar-refractivity contribution is 5.91. The monoisotopic (exact) mass is 327 g/mol. The van der Waals surface area contributed by atoms with Gasteiger partial charge in [-0.2, -0.15) is 0 Å². The smallest absolute Gasteiger partial charge is 0.328 e. The minimum atomic E-state index is -0.440. The molecule has 1 aromatic heterocycles. The molecule has 4 rings (SSSR count). The molecule has 0 N–H and O–H groups in total. The third-order valence-corrected chi connectivity index (χ3v) is 5.26. The van der Waals surface area contributed by atoms with Crippen molar-refractivity contribution in [3.63, 3.8) is 0 Å². The number of benzene rings is 1. The van der Waals surface area contributed by atoms with Gasteiger partial charge in [0.25, 0.3) is 0 Å². The van der Waals surface area contributed by atoms with Crippen LogP contribution in [0.2, 0.25) is 0 Å². The van der Waals surface area contributed by atoms with Crippen LogP contribution in [0.1, 0.15) is 36.0 Å². The Kier molecular flexibility index (Phi) is 3.79. The van der Waals surface area contributed by atoms with Gasteiger partial charge in [0.05, 0.1) is 19.8 Å². The Labute approximate surface area is 140 Å². The van der Waals surface area contributed by atoms with E-state index >= 15 is 0 Å². The molecule has 5 nitrogen and oxygen atoms in total. The second-order valence-corrected chi connectivity index (χ2v) is 6.68. The van der Waals surface area contributed by atoms with Gasteiger partial charge in [0.2, 0.25) is 5.91 Å². The molecular weight excluding hydrogens is 306 g/mol. The minimum absolute atomic E-state index is 0.0360. The van der Waals surface area contributed by atoms with Gasteiger partial charge in [-0.05, 0) is 55.4 Å². The SMILES string of the molecule is COC(=O)[C@H]1CCCN1C(=O)Cc1coc2cc3c(cc12)CCC3. The van der Waals surface area contributed by atoms with Crippen LogP contribution in [0.25, 0.3) is 11.0 Å². The molecule has 1 aliphatic heterocycles. The third-order valence-electron chi connectivity index (χ3n) is 5.26. The van der Waals surface area contributed by atoms with E-state index in [9.17, 15) is 9.59 Å². The standard InChI is InChI=1S/C19H21NO4/c1-23-19(22)16-6-3-7-20(16)18(21)10-14-11-24-17-9-13-5-2-4-12(13)8-15(14)17/h8-9,11,16H,2-7,10H2,1H3/t16-/m1/s1. The molecule has 0 saturated carbocycles. The minimum Gasteiger partial charge on any atom is -0.467 e. The number of hydrogen-bond donors (Lipinski definition) is 0. The van der Waals surface area contributed by atoms with Crippen molar-refractivity contribution >= 4 is 22.8 Å². The molecule has 0 radical (unpaired) electrons. The van der Waals surface area contributed by atoms with Crippen molar-refractivity contribution in [2.75, 3.05) is 13.7 Å². The Hall–Kier alpha value is -2.30. The van der Waals surface area contributed by atoms with Crippen molar-refractivity contribution in [2.45, 2.75) is 44.6 Å². The van der Waals surface area contributed by atoms with Crippen LogP contribution >= 0.6 is 0 Å². The molecule has 24 heavy (non-hydrogen) atoms. The first-order chi connectivity index (χ1) is 11.7. The largest absolute Gasteiger partial charge is 0.467 e. The molecule has 1 aliphatic carbocycles. The van der Waals surface area contributed by atoms with Gasteiger partial charge in [-0.25, -0.2) is 4.79 Å². The van der Waals surface area contributed by atoms with Crippen molar-refractivity contribution in [3.8, 4) is 0 Å². The van der Waals surface area contributed by atoms with E-state index in [4.69, 9.17) is 9.15 Å². The molecule has 2 aromatic rings. The summed E-state index contributed by atoms with van der Waals surface area (Å²) in [6.45, 7) is 0.615. The molecule has 126 valence electrons. The molecule has 1 amide bonds. The zero-order valence-corrected chi connectivity index (χ0v) is 13.8. The Morgan fingerprint density at radius 1 is 1.25 bits per heavy atom. The van der Waals surface area contributed by atoms with E-state index in [1.807, 2.05) is 0 Å². The molecule has 1 aromatic carbocycles. The summed E-state index contributed by atoms with van der Waals surface area (Å²) >= 11 is 0. The molecule has 1 atom stereocenters. The van der Waals surface area contributed by atoms with E-state index in [0.29, 0.717) is 13.0 Å². The summed E-state index contributed by atoms with van der Waals surface area (Å²) in [6, 6.07) is 3.84. The molecule has 5 heteroatoms. The number of furan rings is 1. The first-order valence-corrected chi connectivity index (χ1v) is 8.56. The van der Waals surface area contributed by atoms with Crippen LogP contribution in [0.5, 0.6) is 0 Å². The van der Waals surface area contributed by atoms with Gasteiger partial charge >= 0.3 is 5.97 Å². The van der Waals surface area contributed by atoms with Crippen molar-refractivity contribution in [1.82, 2.24) is 4.90 Å². The Balaban J connectivity index is 1.58. The molecule has 2 aliphatic rings. The van der Waals surface area contributed by atoms with Crippen molar-refractivity contribution in [3.05, 3.63) is 35.1 Å². The summed E-state index contributed by atoms with van der Waals surface area (Å²) in [6.07, 6.45) is 6.85. The predicted molar refractivity (Wildman–Crippen MR) is 88.7 cm³/mol. The first-order valence-electron chi connectivity index (χ1n) is 8.56. The average Bonchev–Trinajstić information content (AvgIpc) is 3.31. The number of ether oxygens (including phenoxy) is 1. The number of fused-ring (bicyclic) bond motifs is 2. The number of rotatable bonds is 3. The van der Waals surface area contributed by atoms with E-state index < -0.39 is 6.04 Å². The Bertz CT molecular complexity index is 807. The number of likely N-dealkylation sites (tertiary alicyclic amines) is 1. The number of carbonyl (C=O) groups excluding carboxylic acids is 2. The van der Waals surface area contributed by atoms with E-state index in [0.717, 1.165) is 35.8 Å². The summed E-state index contributed by atoms with van der Waals surface area (Å²) in [7, 11) is 1.37. The number of nitrogens with zero attached hydrogens (tertiary/aromatic N) is 1. The summed E-state index contributed by atoms with van der Waals surface area (Å²) in [4.78, 5) is 26.2. The highest BCUT2D eigenvalue weighted by Gasteiger charge is 2.35. The van der Waals surface area contributed by atoms with Gasteiger partial charge in [-0.15, -0.1) is 0 Å². The molecule has 0 bridgehead atoms. The summed E-state index contributed by atoms with van der Waals surface area (Å²) in [5, 5.41) is 1.03. The molecule has 2 heterocycles. The maximum absolute atomic E-state index is 12.7. The normalized spacial score (nSPS) is 19.7. The average molecular weight is 327 g/mol.